The molecule has 0 amide bonds. The van der Waals surface area contributed by atoms with Crippen LogP contribution in [-0.2, 0) is 7.05 Å². The largest absolute Gasteiger partial charge is 0.393 e. The zero-order chi connectivity index (χ0) is 15.1. The molecule has 2 aromatic rings. The summed E-state index contributed by atoms with van der Waals surface area (Å²) < 4.78 is 4.66. The Kier molecular flexibility index (Phi) is 3.69. The molecule has 1 heterocycles. The van der Waals surface area contributed by atoms with Gasteiger partial charge < -0.3 is 5.73 Å². The number of hydrogen-bond donors (Lipinski definition) is 1. The highest BCUT2D eigenvalue weighted by molar-refractivity contribution is 9.10. The molecule has 0 aliphatic heterocycles. The third kappa shape index (κ3) is 2.33. The fourth-order valence-corrected chi connectivity index (χ4v) is 3.93. The van der Waals surface area contributed by atoms with Crippen molar-refractivity contribution in [1.29, 1.82) is 0 Å². The summed E-state index contributed by atoms with van der Waals surface area (Å²) in [5, 5.41) is 0. The molecule has 1 aliphatic rings. The van der Waals surface area contributed by atoms with Crippen molar-refractivity contribution in [3.63, 3.8) is 0 Å². The van der Waals surface area contributed by atoms with E-state index in [1.807, 2.05) is 36.9 Å². The van der Waals surface area contributed by atoms with Crippen molar-refractivity contribution in [1.82, 2.24) is 9.36 Å². The van der Waals surface area contributed by atoms with Gasteiger partial charge in [0.25, 0.3) is 5.56 Å². The lowest BCUT2D eigenvalue weighted by Crippen LogP contribution is -2.21. The molecule has 5 heteroatoms. The summed E-state index contributed by atoms with van der Waals surface area (Å²) >= 11 is 3.46. The lowest BCUT2D eigenvalue weighted by molar-refractivity contribution is 0.567. The van der Waals surface area contributed by atoms with Crippen LogP contribution in [0.3, 0.4) is 0 Å². The Hall–Kier alpha value is -1.49. The van der Waals surface area contributed by atoms with Crippen molar-refractivity contribution in [2.75, 3.05) is 5.73 Å². The van der Waals surface area contributed by atoms with Gasteiger partial charge in [0.1, 0.15) is 5.69 Å². The molecule has 0 unspecified atom stereocenters. The average molecular weight is 350 g/mol. The quantitative estimate of drug-likeness (QED) is 0.902. The summed E-state index contributed by atoms with van der Waals surface area (Å²) in [6.45, 7) is 2.00. The molecular weight excluding hydrogens is 330 g/mol. The van der Waals surface area contributed by atoms with Crippen LogP contribution >= 0.6 is 15.9 Å². The van der Waals surface area contributed by atoms with Crippen molar-refractivity contribution in [3.05, 3.63) is 44.3 Å². The van der Waals surface area contributed by atoms with Gasteiger partial charge in [0, 0.05) is 17.4 Å². The summed E-state index contributed by atoms with van der Waals surface area (Å²) in [6.07, 6.45) is 4.70. The predicted octanol–water partition coefficient (Wildman–Crippen LogP) is 3.49. The highest BCUT2D eigenvalue weighted by Gasteiger charge is 2.26. The number of hydrogen-bond acceptors (Lipinski definition) is 2. The van der Waals surface area contributed by atoms with E-state index in [2.05, 4.69) is 15.9 Å². The van der Waals surface area contributed by atoms with Crippen LogP contribution in [0.1, 0.15) is 42.9 Å². The molecule has 0 spiro atoms. The van der Waals surface area contributed by atoms with Crippen molar-refractivity contribution in [2.45, 2.75) is 38.5 Å². The summed E-state index contributed by atoms with van der Waals surface area (Å²) in [5.41, 5.74) is 9.38. The highest BCUT2D eigenvalue weighted by Crippen LogP contribution is 2.36. The standard InChI is InChI=1S/C16H20BrN3O/c1-10-9-12(17)7-8-13(10)20-16(21)14(18)15(19(20)2)11-5-3-4-6-11/h7-9,11H,3-6,18H2,1-2H3. The van der Waals surface area contributed by atoms with Gasteiger partial charge in [-0.15, -0.1) is 0 Å². The van der Waals surface area contributed by atoms with E-state index in [0.29, 0.717) is 11.6 Å². The van der Waals surface area contributed by atoms with Gasteiger partial charge in [0.2, 0.25) is 0 Å². The number of anilines is 1. The lowest BCUT2D eigenvalue weighted by Gasteiger charge is -2.15. The third-order valence-electron chi connectivity index (χ3n) is 4.48. The first-order valence-electron chi connectivity index (χ1n) is 7.34. The number of benzene rings is 1. The molecule has 1 aliphatic carbocycles. The zero-order valence-corrected chi connectivity index (χ0v) is 14.0. The van der Waals surface area contributed by atoms with E-state index >= 15 is 0 Å². The minimum atomic E-state index is -0.107. The van der Waals surface area contributed by atoms with E-state index in [4.69, 9.17) is 5.73 Å². The van der Waals surface area contributed by atoms with Crippen LogP contribution in [0.2, 0.25) is 0 Å². The Morgan fingerprint density at radius 2 is 1.95 bits per heavy atom. The van der Waals surface area contributed by atoms with E-state index in [1.54, 1.807) is 4.68 Å². The van der Waals surface area contributed by atoms with Crippen molar-refractivity contribution in [2.24, 2.45) is 7.05 Å². The number of nitrogens with zero attached hydrogens (tertiary/aromatic N) is 2. The van der Waals surface area contributed by atoms with Crippen LogP contribution in [0.25, 0.3) is 5.69 Å². The van der Waals surface area contributed by atoms with Crippen LogP contribution in [0, 0.1) is 6.92 Å². The van der Waals surface area contributed by atoms with E-state index in [9.17, 15) is 4.79 Å². The minimum Gasteiger partial charge on any atom is -0.393 e. The topological polar surface area (TPSA) is 52.9 Å². The molecule has 1 aromatic carbocycles. The van der Waals surface area contributed by atoms with Crippen molar-refractivity contribution < 1.29 is 0 Å². The molecular formula is C16H20BrN3O. The Balaban J connectivity index is 2.19. The number of halogens is 1. The molecule has 2 N–H and O–H groups in total. The molecule has 3 rings (SSSR count). The third-order valence-corrected chi connectivity index (χ3v) is 4.97. The lowest BCUT2D eigenvalue weighted by atomic mass is 10.0. The van der Waals surface area contributed by atoms with E-state index in [0.717, 1.165) is 34.3 Å². The van der Waals surface area contributed by atoms with E-state index in [1.165, 1.54) is 12.8 Å². The first-order chi connectivity index (χ1) is 10.0. The van der Waals surface area contributed by atoms with Gasteiger partial charge in [-0.05, 0) is 43.5 Å². The van der Waals surface area contributed by atoms with Crippen LogP contribution < -0.4 is 11.3 Å². The second-order valence-corrected chi connectivity index (χ2v) is 6.77. The maximum atomic E-state index is 12.6. The molecule has 1 fully saturated rings. The summed E-state index contributed by atoms with van der Waals surface area (Å²) in [5.74, 6) is 0.416. The molecule has 0 atom stereocenters. The fourth-order valence-electron chi connectivity index (χ4n) is 3.45. The van der Waals surface area contributed by atoms with Crippen LogP contribution in [0.5, 0.6) is 0 Å². The molecule has 0 bridgehead atoms. The molecule has 112 valence electrons. The SMILES string of the molecule is Cc1cc(Br)ccc1-n1c(=O)c(N)c(C2CCCC2)n1C. The fraction of sp³-hybridized carbons (Fsp3) is 0.438. The van der Waals surface area contributed by atoms with Gasteiger partial charge >= 0.3 is 0 Å². The first-order valence-corrected chi connectivity index (χ1v) is 8.14. The Bertz CT molecular complexity index is 739. The van der Waals surface area contributed by atoms with Crippen LogP contribution in [0.4, 0.5) is 5.69 Å². The van der Waals surface area contributed by atoms with Crippen LogP contribution in [-0.4, -0.2) is 9.36 Å². The molecule has 1 saturated carbocycles. The number of nitrogen functional groups attached to an aromatic ring is 1. The highest BCUT2D eigenvalue weighted by atomic mass is 79.9. The maximum absolute atomic E-state index is 12.6. The predicted molar refractivity (Wildman–Crippen MR) is 89.1 cm³/mol. The molecule has 4 nitrogen and oxygen atoms in total. The number of aryl methyl sites for hydroxylation is 1. The van der Waals surface area contributed by atoms with Crippen LogP contribution in [0.15, 0.2) is 27.5 Å². The Morgan fingerprint density at radius 3 is 2.57 bits per heavy atom. The van der Waals surface area contributed by atoms with Gasteiger partial charge in [-0.25, -0.2) is 4.68 Å². The van der Waals surface area contributed by atoms with Gasteiger partial charge in [-0.2, -0.15) is 0 Å². The molecule has 0 radical (unpaired) electrons. The summed E-state index contributed by atoms with van der Waals surface area (Å²) in [4.78, 5) is 12.6. The monoisotopic (exact) mass is 349 g/mol. The number of rotatable bonds is 2. The second kappa shape index (κ2) is 5.37. The smallest absolute Gasteiger partial charge is 0.294 e. The summed E-state index contributed by atoms with van der Waals surface area (Å²) in [6, 6.07) is 5.92. The Labute approximate surface area is 132 Å². The number of nitrogens with two attached hydrogens (primary N) is 1. The van der Waals surface area contributed by atoms with Gasteiger partial charge in [-0.1, -0.05) is 28.8 Å². The normalized spacial score (nSPS) is 15.8. The van der Waals surface area contributed by atoms with Crippen molar-refractivity contribution in [3.8, 4) is 5.69 Å². The molecule has 1 aromatic heterocycles. The van der Waals surface area contributed by atoms with E-state index in [-0.39, 0.29) is 5.56 Å². The average Bonchev–Trinajstić information content (AvgIpc) is 3.01. The van der Waals surface area contributed by atoms with Gasteiger partial charge in [-0.3, -0.25) is 9.48 Å². The molecule has 0 saturated heterocycles. The van der Waals surface area contributed by atoms with Gasteiger partial charge in [0.05, 0.1) is 11.4 Å². The van der Waals surface area contributed by atoms with Crippen molar-refractivity contribution >= 4 is 21.6 Å². The van der Waals surface area contributed by atoms with Gasteiger partial charge in [0.15, 0.2) is 0 Å². The van der Waals surface area contributed by atoms with E-state index < -0.39 is 0 Å². The molecule has 21 heavy (non-hydrogen) atoms. The first kappa shape index (κ1) is 14.4. The summed E-state index contributed by atoms with van der Waals surface area (Å²) in [7, 11) is 1.94. The maximum Gasteiger partial charge on any atom is 0.294 e. The minimum absolute atomic E-state index is 0.107. The zero-order valence-electron chi connectivity index (χ0n) is 12.4. The Morgan fingerprint density at radius 1 is 1.29 bits per heavy atom. The number of aromatic nitrogens is 2. The second-order valence-electron chi connectivity index (χ2n) is 5.85.